The SMILES string of the molecule is CNC(=O)NC(C)=O.Cc1c(I)cc(I)c(C(=O)NCC(=O)Nc2c(I)c(CO)c(I)c(C(=O)O)c2I)c1I. The van der Waals surface area contributed by atoms with Crippen LogP contribution in [0.5, 0.6) is 0 Å². The van der Waals surface area contributed by atoms with Crippen molar-refractivity contribution in [2.24, 2.45) is 0 Å². The van der Waals surface area contributed by atoms with Gasteiger partial charge in [-0.3, -0.25) is 19.7 Å². The van der Waals surface area contributed by atoms with Crippen LogP contribution < -0.4 is 21.3 Å². The number of aromatic carboxylic acids is 1. The Bertz CT molecular complexity index is 1340. The Labute approximate surface area is 305 Å². The number of hydrogen-bond donors (Lipinski definition) is 6. The fourth-order valence-corrected chi connectivity index (χ4v) is 10.8. The van der Waals surface area contributed by atoms with E-state index in [1.54, 1.807) is 0 Å². The lowest BCUT2D eigenvalue weighted by Crippen LogP contribution is -2.35. The first-order valence-electron chi connectivity index (χ1n) is 10.3. The lowest BCUT2D eigenvalue weighted by molar-refractivity contribution is -0.118. The van der Waals surface area contributed by atoms with Crippen LogP contribution in [-0.4, -0.2) is 53.5 Å². The number of urea groups is 1. The third-order valence-corrected chi connectivity index (χ3v) is 11.4. The first-order valence-corrected chi connectivity index (χ1v) is 16.8. The molecule has 0 saturated heterocycles. The molecule has 0 fully saturated rings. The number of aliphatic hydroxyl groups is 1. The second-order valence-electron chi connectivity index (χ2n) is 7.28. The van der Waals surface area contributed by atoms with E-state index in [2.05, 4.69) is 83.7 Å². The second kappa shape index (κ2) is 17.3. The van der Waals surface area contributed by atoms with Gasteiger partial charge in [-0.15, -0.1) is 0 Å². The van der Waals surface area contributed by atoms with E-state index in [9.17, 15) is 34.2 Å². The summed E-state index contributed by atoms with van der Waals surface area (Å²) >= 11 is 12.1. The summed E-state index contributed by atoms with van der Waals surface area (Å²) in [6.07, 6.45) is 0. The Hall–Kier alpha value is 0.130. The summed E-state index contributed by atoms with van der Waals surface area (Å²) in [6.45, 7) is 2.55. The molecule has 0 radical (unpaired) electrons. The Morgan fingerprint density at radius 2 is 1.46 bits per heavy atom. The number of aliphatic hydroxyl groups excluding tert-OH is 1. The molecule has 0 aliphatic carbocycles. The molecule has 2 aromatic rings. The Morgan fingerprint density at radius 3 is 1.92 bits per heavy atom. The molecule has 6 N–H and O–H groups in total. The molecule has 0 saturated carbocycles. The van der Waals surface area contributed by atoms with Crippen LogP contribution in [0.2, 0.25) is 0 Å². The predicted molar refractivity (Wildman–Crippen MR) is 196 cm³/mol. The summed E-state index contributed by atoms with van der Waals surface area (Å²) in [5.41, 5.74) is 2.26. The second-order valence-corrected chi connectivity index (χ2v) is 13.9. The van der Waals surface area contributed by atoms with Crippen molar-refractivity contribution in [2.75, 3.05) is 18.9 Å². The highest BCUT2D eigenvalue weighted by Crippen LogP contribution is 2.35. The largest absolute Gasteiger partial charge is 0.478 e. The average molecular weight is 1210 g/mol. The predicted octanol–water partition coefficient (Wildman–Crippen LogP) is 4.64. The molecule has 0 aliphatic rings. The van der Waals surface area contributed by atoms with Crippen molar-refractivity contribution in [3.8, 4) is 0 Å². The number of carboxylic acids is 1. The normalized spacial score (nSPS) is 10.1. The lowest BCUT2D eigenvalue weighted by Gasteiger charge is -2.17. The summed E-state index contributed by atoms with van der Waals surface area (Å²) in [4.78, 5) is 57.2. The quantitative estimate of drug-likeness (QED) is 0.229. The molecule has 0 aromatic heterocycles. The number of rotatable bonds is 6. The van der Waals surface area contributed by atoms with Gasteiger partial charge in [0.25, 0.3) is 5.91 Å². The number of anilines is 1. The smallest absolute Gasteiger partial charge is 0.337 e. The maximum atomic E-state index is 12.7. The van der Waals surface area contributed by atoms with E-state index in [-0.39, 0.29) is 30.5 Å². The highest BCUT2D eigenvalue weighted by Gasteiger charge is 2.25. The van der Waals surface area contributed by atoms with Crippen LogP contribution in [0.25, 0.3) is 0 Å². The van der Waals surface area contributed by atoms with Gasteiger partial charge in [0.2, 0.25) is 11.8 Å². The van der Waals surface area contributed by atoms with E-state index in [0.29, 0.717) is 27.5 Å². The molecule has 0 bridgehead atoms. The number of nitrogens with one attached hydrogen (secondary N) is 4. The topological polar surface area (TPSA) is 174 Å². The summed E-state index contributed by atoms with van der Waals surface area (Å²) in [7, 11) is 1.44. The number of imide groups is 1. The zero-order chi connectivity index (χ0) is 30.2. The molecule has 2 aromatic carbocycles. The fraction of sp³-hybridized carbons (Fsp3) is 0.227. The van der Waals surface area contributed by atoms with E-state index in [4.69, 9.17) is 0 Å². The van der Waals surface area contributed by atoms with E-state index < -0.39 is 17.9 Å². The molecule has 39 heavy (non-hydrogen) atoms. The molecule has 0 atom stereocenters. The Kier molecular flexibility index (Phi) is 16.5. The molecular weight excluding hydrogens is 1190 g/mol. The van der Waals surface area contributed by atoms with E-state index >= 15 is 0 Å². The first kappa shape index (κ1) is 37.2. The zero-order valence-electron chi connectivity index (χ0n) is 20.2. The van der Waals surface area contributed by atoms with Gasteiger partial charge in [0.05, 0.1) is 33.5 Å². The van der Waals surface area contributed by atoms with Crippen molar-refractivity contribution in [1.82, 2.24) is 16.0 Å². The minimum absolute atomic E-state index is 0.0171. The van der Waals surface area contributed by atoms with Gasteiger partial charge in [-0.05, 0) is 154 Å². The monoisotopic (exact) mass is 1210 g/mol. The van der Waals surface area contributed by atoms with Crippen molar-refractivity contribution in [1.29, 1.82) is 0 Å². The van der Waals surface area contributed by atoms with Gasteiger partial charge in [-0.2, -0.15) is 0 Å². The van der Waals surface area contributed by atoms with Crippen molar-refractivity contribution in [3.05, 3.63) is 49.7 Å². The molecule has 212 valence electrons. The molecule has 0 heterocycles. The molecule has 17 heteroatoms. The molecule has 0 unspecified atom stereocenters. The van der Waals surface area contributed by atoms with E-state index in [0.717, 1.165) is 16.3 Å². The molecule has 5 amide bonds. The molecule has 0 spiro atoms. The van der Waals surface area contributed by atoms with Gasteiger partial charge < -0.3 is 26.2 Å². The highest BCUT2D eigenvalue weighted by atomic mass is 127. The number of benzene rings is 2. The highest BCUT2D eigenvalue weighted by molar-refractivity contribution is 14.1. The minimum atomic E-state index is -1.15. The molecule has 11 nitrogen and oxygen atoms in total. The maximum absolute atomic E-state index is 12.7. The first-order chi connectivity index (χ1) is 18.1. The number of carbonyl (C=O) groups is 5. The molecule has 2 rings (SSSR count). The third kappa shape index (κ3) is 10.4. The third-order valence-electron chi connectivity index (χ3n) is 4.60. The lowest BCUT2D eigenvalue weighted by atomic mass is 10.1. The number of hydrogen-bond acceptors (Lipinski definition) is 6. The molecule has 0 aliphatic heterocycles. The van der Waals surface area contributed by atoms with Crippen LogP contribution in [0.15, 0.2) is 6.07 Å². The summed E-state index contributed by atoms with van der Waals surface area (Å²) in [5.74, 6) is -2.37. The summed E-state index contributed by atoms with van der Waals surface area (Å²) in [6, 6.07) is 1.44. The van der Waals surface area contributed by atoms with Crippen molar-refractivity contribution >= 4 is 171 Å². The van der Waals surface area contributed by atoms with Crippen molar-refractivity contribution < 1.29 is 34.2 Å². The standard InChI is InChI=1S/C18H12I6N2O5.C4H8N2O2/c1-5-7(19)2-8(20)10(12(5)21)17(29)25-3-9(28)26-16-14(23)6(4-27)13(22)11(15(16)24)18(30)31;1-3(7)6-4(8)5-2/h2,27H,3-4H2,1H3,(H,25,29)(H,26,28)(H,30,31);1-2H3,(H2,5,6,7,8). The van der Waals surface area contributed by atoms with Crippen LogP contribution >= 0.6 is 136 Å². The van der Waals surface area contributed by atoms with Gasteiger partial charge >= 0.3 is 12.0 Å². The van der Waals surface area contributed by atoms with Gasteiger partial charge in [0, 0.05) is 37.4 Å². The van der Waals surface area contributed by atoms with E-state index in [1.807, 2.05) is 86.1 Å². The van der Waals surface area contributed by atoms with E-state index in [1.165, 1.54) is 14.0 Å². The minimum Gasteiger partial charge on any atom is -0.478 e. The fourth-order valence-electron chi connectivity index (χ4n) is 2.70. The van der Waals surface area contributed by atoms with Crippen molar-refractivity contribution in [2.45, 2.75) is 20.5 Å². The number of amides is 5. The Morgan fingerprint density at radius 1 is 0.872 bits per heavy atom. The van der Waals surface area contributed by atoms with Crippen molar-refractivity contribution in [3.63, 3.8) is 0 Å². The van der Waals surface area contributed by atoms with Gasteiger partial charge in [0.1, 0.15) is 0 Å². The maximum Gasteiger partial charge on any atom is 0.337 e. The number of carboxylic acid groups (broad SMARTS) is 1. The average Bonchev–Trinajstić information content (AvgIpc) is 2.84. The summed E-state index contributed by atoms with van der Waals surface area (Å²) in [5, 5.41) is 28.8. The van der Waals surface area contributed by atoms with Gasteiger partial charge in [0.15, 0.2) is 0 Å². The number of halogens is 6. The van der Waals surface area contributed by atoms with Crippen LogP contribution in [0.4, 0.5) is 10.5 Å². The van der Waals surface area contributed by atoms with Crippen LogP contribution in [-0.2, 0) is 16.2 Å². The van der Waals surface area contributed by atoms with Crippen LogP contribution in [0, 0.1) is 28.3 Å². The molecular formula is C22H20I6N4O7. The zero-order valence-corrected chi connectivity index (χ0v) is 33.1. The number of carbonyl (C=O) groups excluding carboxylic acids is 4. The van der Waals surface area contributed by atoms with Gasteiger partial charge in [-0.1, -0.05) is 0 Å². The van der Waals surface area contributed by atoms with Crippen LogP contribution in [0.1, 0.15) is 38.8 Å². The summed E-state index contributed by atoms with van der Waals surface area (Å²) < 4.78 is 4.00. The van der Waals surface area contributed by atoms with Gasteiger partial charge in [-0.25, -0.2) is 9.59 Å². The van der Waals surface area contributed by atoms with Crippen LogP contribution in [0.3, 0.4) is 0 Å². The Balaban J connectivity index is 0.000000824.